The molecule has 0 N–H and O–H groups in total. The molecule has 0 aliphatic carbocycles. The fourth-order valence-corrected chi connectivity index (χ4v) is 5.50. The lowest BCUT2D eigenvalue weighted by atomic mass is 10.1. The molecule has 6 heteroatoms. The fourth-order valence-electron chi connectivity index (χ4n) is 5.50. The van der Waals surface area contributed by atoms with E-state index in [1.165, 1.54) is 77.0 Å². The van der Waals surface area contributed by atoms with Gasteiger partial charge in [0.2, 0.25) is 0 Å². The Bertz CT molecular complexity index is 811. The summed E-state index contributed by atoms with van der Waals surface area (Å²) < 4.78 is 16.5. The molecular formula is C43H76O6. The number of rotatable bonds is 36. The largest absolute Gasteiger partial charge is 0.462 e. The molecule has 0 saturated heterocycles. The quantitative estimate of drug-likeness (QED) is 0.0282. The lowest BCUT2D eigenvalue weighted by molar-refractivity contribution is -0.167. The van der Waals surface area contributed by atoms with Gasteiger partial charge in [0.05, 0.1) is 0 Å². The SMILES string of the molecule is CCCCC/C=C\C/C=C\C/C=C\CCCCCCC(=O)OC(COC(=O)CCCCCCCCC)COC(=O)CCCCCCCCC. The summed E-state index contributed by atoms with van der Waals surface area (Å²) in [5.74, 6) is -0.919. The number of carbonyl (C=O) groups is 3. The Hall–Kier alpha value is -2.37. The highest BCUT2D eigenvalue weighted by molar-refractivity contribution is 5.71. The van der Waals surface area contributed by atoms with Crippen LogP contribution in [0.2, 0.25) is 0 Å². The zero-order valence-corrected chi connectivity index (χ0v) is 32.2. The predicted molar refractivity (Wildman–Crippen MR) is 206 cm³/mol. The lowest BCUT2D eigenvalue weighted by Crippen LogP contribution is -2.30. The van der Waals surface area contributed by atoms with E-state index in [0.717, 1.165) is 83.5 Å². The van der Waals surface area contributed by atoms with Gasteiger partial charge in [-0.2, -0.15) is 0 Å². The summed E-state index contributed by atoms with van der Waals surface area (Å²) in [5.41, 5.74) is 0. The van der Waals surface area contributed by atoms with Gasteiger partial charge in [-0.05, 0) is 57.8 Å². The van der Waals surface area contributed by atoms with Crippen LogP contribution in [0.4, 0.5) is 0 Å². The van der Waals surface area contributed by atoms with Crippen molar-refractivity contribution in [1.82, 2.24) is 0 Å². The second-order valence-corrected chi connectivity index (χ2v) is 13.6. The summed E-state index contributed by atoms with van der Waals surface area (Å²) in [7, 11) is 0. The number of allylic oxidation sites excluding steroid dienone is 6. The Kier molecular flexibility index (Phi) is 36.6. The van der Waals surface area contributed by atoms with Crippen molar-refractivity contribution < 1.29 is 28.6 Å². The molecule has 0 saturated carbocycles. The molecule has 0 aromatic carbocycles. The van der Waals surface area contributed by atoms with Crippen LogP contribution in [0.15, 0.2) is 36.5 Å². The van der Waals surface area contributed by atoms with E-state index in [4.69, 9.17) is 14.2 Å². The fraction of sp³-hybridized carbons (Fsp3) is 0.791. The van der Waals surface area contributed by atoms with E-state index in [9.17, 15) is 14.4 Å². The highest BCUT2D eigenvalue weighted by Gasteiger charge is 2.19. The number of hydrogen-bond acceptors (Lipinski definition) is 6. The van der Waals surface area contributed by atoms with E-state index in [-0.39, 0.29) is 31.1 Å². The van der Waals surface area contributed by atoms with Crippen molar-refractivity contribution in [3.63, 3.8) is 0 Å². The first-order chi connectivity index (χ1) is 24.0. The molecule has 0 aromatic heterocycles. The number of esters is 3. The number of hydrogen-bond donors (Lipinski definition) is 0. The molecule has 0 aromatic rings. The molecule has 0 aliphatic rings. The summed E-state index contributed by atoms with van der Waals surface area (Å²) in [4.78, 5) is 37.3. The third-order valence-electron chi connectivity index (χ3n) is 8.65. The summed E-state index contributed by atoms with van der Waals surface area (Å²) in [6.45, 7) is 6.48. The Balaban J connectivity index is 4.32. The minimum absolute atomic E-state index is 0.0803. The molecule has 0 amide bonds. The molecule has 0 spiro atoms. The molecule has 0 bridgehead atoms. The van der Waals surface area contributed by atoms with Gasteiger partial charge in [-0.1, -0.05) is 160 Å². The van der Waals surface area contributed by atoms with Crippen LogP contribution in [0.1, 0.15) is 201 Å². The zero-order valence-electron chi connectivity index (χ0n) is 32.2. The van der Waals surface area contributed by atoms with Gasteiger partial charge < -0.3 is 14.2 Å². The van der Waals surface area contributed by atoms with Crippen LogP contribution in [0.3, 0.4) is 0 Å². The first-order valence-corrected chi connectivity index (χ1v) is 20.5. The van der Waals surface area contributed by atoms with E-state index in [0.29, 0.717) is 19.3 Å². The molecule has 0 rings (SSSR count). The molecule has 0 heterocycles. The van der Waals surface area contributed by atoms with E-state index >= 15 is 0 Å². The molecule has 49 heavy (non-hydrogen) atoms. The van der Waals surface area contributed by atoms with E-state index in [1.807, 2.05) is 0 Å². The highest BCUT2D eigenvalue weighted by Crippen LogP contribution is 2.12. The van der Waals surface area contributed by atoms with Crippen LogP contribution in [0.25, 0.3) is 0 Å². The molecular weight excluding hydrogens is 612 g/mol. The standard InChI is InChI=1S/C43H76O6/c1-4-7-10-13-16-17-18-19-20-21-22-23-24-25-28-31-34-37-43(46)49-40(38-47-41(44)35-32-29-26-14-11-8-5-2)39-48-42(45)36-33-30-27-15-12-9-6-3/h16-17,19-20,22-23,40H,4-15,18,21,24-39H2,1-3H3/b17-16-,20-19-,23-22-. The van der Waals surface area contributed by atoms with Crippen LogP contribution in [0, 0.1) is 0 Å². The van der Waals surface area contributed by atoms with Crippen LogP contribution in [-0.4, -0.2) is 37.2 Å². The average molecular weight is 689 g/mol. The topological polar surface area (TPSA) is 78.9 Å². The molecule has 0 fully saturated rings. The van der Waals surface area contributed by atoms with Gasteiger partial charge in [-0.15, -0.1) is 0 Å². The van der Waals surface area contributed by atoms with Crippen molar-refractivity contribution in [2.24, 2.45) is 0 Å². The molecule has 0 aliphatic heterocycles. The summed E-state index contributed by atoms with van der Waals surface area (Å²) in [5, 5.41) is 0. The zero-order chi connectivity index (χ0) is 35.9. The first kappa shape index (κ1) is 46.6. The minimum Gasteiger partial charge on any atom is -0.462 e. The lowest BCUT2D eigenvalue weighted by Gasteiger charge is -2.18. The van der Waals surface area contributed by atoms with Crippen molar-refractivity contribution in [2.45, 2.75) is 207 Å². The van der Waals surface area contributed by atoms with Gasteiger partial charge in [-0.3, -0.25) is 14.4 Å². The van der Waals surface area contributed by atoms with Gasteiger partial charge >= 0.3 is 17.9 Å². The molecule has 0 unspecified atom stereocenters. The summed E-state index contributed by atoms with van der Waals surface area (Å²) in [6.07, 6.45) is 41.5. The van der Waals surface area contributed by atoms with Crippen molar-refractivity contribution in [1.29, 1.82) is 0 Å². The maximum absolute atomic E-state index is 12.6. The molecule has 6 nitrogen and oxygen atoms in total. The van der Waals surface area contributed by atoms with Crippen molar-refractivity contribution in [3.05, 3.63) is 36.5 Å². The van der Waals surface area contributed by atoms with Crippen molar-refractivity contribution in [3.8, 4) is 0 Å². The van der Waals surface area contributed by atoms with E-state index in [2.05, 4.69) is 57.2 Å². The van der Waals surface area contributed by atoms with Crippen LogP contribution < -0.4 is 0 Å². The van der Waals surface area contributed by atoms with E-state index in [1.54, 1.807) is 0 Å². The van der Waals surface area contributed by atoms with Crippen molar-refractivity contribution in [2.75, 3.05) is 13.2 Å². The third kappa shape index (κ3) is 36.7. The number of unbranched alkanes of at least 4 members (excludes halogenated alkanes) is 19. The monoisotopic (exact) mass is 689 g/mol. The smallest absolute Gasteiger partial charge is 0.306 e. The second kappa shape index (κ2) is 38.4. The summed E-state index contributed by atoms with van der Waals surface area (Å²) >= 11 is 0. The maximum atomic E-state index is 12.6. The first-order valence-electron chi connectivity index (χ1n) is 20.5. The van der Waals surface area contributed by atoms with Gasteiger partial charge in [0.15, 0.2) is 6.10 Å². The van der Waals surface area contributed by atoms with Crippen LogP contribution in [-0.2, 0) is 28.6 Å². The van der Waals surface area contributed by atoms with Gasteiger partial charge in [0.1, 0.15) is 13.2 Å². The van der Waals surface area contributed by atoms with E-state index < -0.39 is 6.10 Å². The predicted octanol–water partition coefficient (Wildman–Crippen LogP) is 12.6. The number of ether oxygens (including phenoxy) is 3. The summed E-state index contributed by atoms with van der Waals surface area (Å²) in [6, 6.07) is 0. The van der Waals surface area contributed by atoms with Crippen LogP contribution >= 0.6 is 0 Å². The Morgan fingerprint density at radius 2 is 0.735 bits per heavy atom. The normalized spacial score (nSPS) is 11.8. The van der Waals surface area contributed by atoms with Gasteiger partial charge in [0, 0.05) is 19.3 Å². The van der Waals surface area contributed by atoms with Crippen molar-refractivity contribution >= 4 is 17.9 Å². The third-order valence-corrected chi connectivity index (χ3v) is 8.65. The Morgan fingerprint density at radius 3 is 1.18 bits per heavy atom. The second-order valence-electron chi connectivity index (χ2n) is 13.6. The van der Waals surface area contributed by atoms with Gasteiger partial charge in [0.25, 0.3) is 0 Å². The minimum atomic E-state index is -0.774. The Morgan fingerprint density at radius 1 is 0.408 bits per heavy atom. The molecule has 0 atom stereocenters. The number of carbonyl (C=O) groups excluding carboxylic acids is 3. The molecule has 0 radical (unpaired) electrons. The highest BCUT2D eigenvalue weighted by atomic mass is 16.6. The van der Waals surface area contributed by atoms with Crippen LogP contribution in [0.5, 0.6) is 0 Å². The molecule has 284 valence electrons. The average Bonchev–Trinajstić information content (AvgIpc) is 3.10. The maximum Gasteiger partial charge on any atom is 0.306 e. The Labute approximate surface area is 302 Å². The van der Waals surface area contributed by atoms with Gasteiger partial charge in [-0.25, -0.2) is 0 Å².